The smallest absolute Gasteiger partial charge is 0.170 e. The standard InChI is InChI=1S/C16H25N3O/c1-3-19(15-6-4-5-7-15)11-14-9-8-13(10-12(14)2)16(17)18-20/h8-10,15,20H,3-7,11H2,1-2H3,(H2,17,18). The van der Waals surface area contributed by atoms with E-state index in [2.05, 4.69) is 30.0 Å². The Morgan fingerprint density at radius 2 is 2.10 bits per heavy atom. The Hall–Kier alpha value is -1.55. The molecule has 2 rings (SSSR count). The molecule has 0 bridgehead atoms. The normalized spacial score (nSPS) is 17.1. The van der Waals surface area contributed by atoms with Crippen LogP contribution in [0.4, 0.5) is 0 Å². The molecular weight excluding hydrogens is 250 g/mol. The van der Waals surface area contributed by atoms with Crippen LogP contribution in [0.25, 0.3) is 0 Å². The first kappa shape index (κ1) is 14.9. The minimum absolute atomic E-state index is 0.169. The van der Waals surface area contributed by atoms with Gasteiger partial charge in [0.2, 0.25) is 0 Å². The predicted octanol–water partition coefficient (Wildman–Crippen LogP) is 2.85. The molecule has 1 aromatic carbocycles. The molecule has 1 aliphatic carbocycles. The van der Waals surface area contributed by atoms with E-state index in [1.54, 1.807) is 0 Å². The first-order valence-electron chi connectivity index (χ1n) is 7.47. The maximum Gasteiger partial charge on any atom is 0.170 e. The monoisotopic (exact) mass is 275 g/mol. The SMILES string of the molecule is CCN(Cc1ccc(/C(N)=N/O)cc1C)C1CCCC1. The molecule has 4 heteroatoms. The van der Waals surface area contributed by atoms with Crippen molar-refractivity contribution in [2.24, 2.45) is 10.9 Å². The summed E-state index contributed by atoms with van der Waals surface area (Å²) in [5, 5.41) is 11.8. The van der Waals surface area contributed by atoms with Crippen LogP contribution < -0.4 is 5.73 Å². The predicted molar refractivity (Wildman–Crippen MR) is 82.0 cm³/mol. The van der Waals surface area contributed by atoms with E-state index in [-0.39, 0.29) is 5.84 Å². The number of rotatable bonds is 5. The van der Waals surface area contributed by atoms with Crippen LogP contribution in [0.15, 0.2) is 23.4 Å². The van der Waals surface area contributed by atoms with Crippen LogP contribution in [0, 0.1) is 6.92 Å². The lowest BCUT2D eigenvalue weighted by Crippen LogP contribution is -2.32. The quantitative estimate of drug-likeness (QED) is 0.376. The fraction of sp³-hybridized carbons (Fsp3) is 0.562. The summed E-state index contributed by atoms with van der Waals surface area (Å²) in [6, 6.07) is 6.76. The highest BCUT2D eigenvalue weighted by Gasteiger charge is 2.21. The highest BCUT2D eigenvalue weighted by Crippen LogP contribution is 2.25. The molecule has 1 aliphatic rings. The summed E-state index contributed by atoms with van der Waals surface area (Å²) in [5.74, 6) is 0.169. The van der Waals surface area contributed by atoms with Crippen LogP contribution >= 0.6 is 0 Å². The van der Waals surface area contributed by atoms with E-state index in [1.807, 2.05) is 12.1 Å². The Morgan fingerprint density at radius 3 is 2.65 bits per heavy atom. The summed E-state index contributed by atoms with van der Waals surface area (Å²) in [4.78, 5) is 2.57. The Labute approximate surface area is 121 Å². The Morgan fingerprint density at radius 1 is 1.40 bits per heavy atom. The molecule has 0 saturated heterocycles. The van der Waals surface area contributed by atoms with Crippen LogP contribution in [0.3, 0.4) is 0 Å². The zero-order valence-electron chi connectivity index (χ0n) is 12.5. The van der Waals surface area contributed by atoms with E-state index in [4.69, 9.17) is 10.9 Å². The van der Waals surface area contributed by atoms with E-state index in [1.165, 1.54) is 36.8 Å². The number of amidine groups is 1. The second kappa shape index (κ2) is 6.75. The number of hydrogen-bond donors (Lipinski definition) is 2. The summed E-state index contributed by atoms with van der Waals surface area (Å²) in [6.07, 6.45) is 5.38. The minimum Gasteiger partial charge on any atom is -0.409 e. The zero-order valence-corrected chi connectivity index (χ0v) is 12.5. The number of hydrogen-bond acceptors (Lipinski definition) is 3. The third-order valence-corrected chi connectivity index (χ3v) is 4.37. The van der Waals surface area contributed by atoms with Crippen LogP contribution in [-0.2, 0) is 6.54 Å². The molecule has 0 aliphatic heterocycles. The molecule has 0 amide bonds. The van der Waals surface area contributed by atoms with Gasteiger partial charge in [-0.25, -0.2) is 0 Å². The van der Waals surface area contributed by atoms with Gasteiger partial charge in [-0.1, -0.05) is 37.1 Å². The molecule has 1 saturated carbocycles. The lowest BCUT2D eigenvalue weighted by molar-refractivity contribution is 0.200. The van der Waals surface area contributed by atoms with E-state index >= 15 is 0 Å². The first-order valence-corrected chi connectivity index (χ1v) is 7.47. The molecule has 0 aromatic heterocycles. The molecule has 0 spiro atoms. The topological polar surface area (TPSA) is 61.8 Å². The molecule has 0 heterocycles. The molecule has 1 fully saturated rings. The van der Waals surface area contributed by atoms with Gasteiger partial charge < -0.3 is 10.9 Å². The summed E-state index contributed by atoms with van der Waals surface area (Å²) in [7, 11) is 0. The highest BCUT2D eigenvalue weighted by molar-refractivity contribution is 5.97. The van der Waals surface area contributed by atoms with Crippen molar-refractivity contribution in [2.45, 2.75) is 52.1 Å². The van der Waals surface area contributed by atoms with Crippen molar-refractivity contribution >= 4 is 5.84 Å². The average Bonchev–Trinajstić information content (AvgIpc) is 2.99. The first-order chi connectivity index (χ1) is 9.65. The molecule has 0 unspecified atom stereocenters. The maximum atomic E-state index is 8.73. The lowest BCUT2D eigenvalue weighted by Gasteiger charge is -2.28. The fourth-order valence-corrected chi connectivity index (χ4v) is 3.08. The van der Waals surface area contributed by atoms with Gasteiger partial charge in [0.1, 0.15) is 0 Å². The van der Waals surface area contributed by atoms with E-state index in [0.717, 1.165) is 24.7 Å². The van der Waals surface area contributed by atoms with Gasteiger partial charge >= 0.3 is 0 Å². The van der Waals surface area contributed by atoms with Gasteiger partial charge in [0.25, 0.3) is 0 Å². The second-order valence-corrected chi connectivity index (χ2v) is 5.63. The van der Waals surface area contributed by atoms with Crippen LogP contribution in [0.2, 0.25) is 0 Å². The van der Waals surface area contributed by atoms with Gasteiger partial charge in [-0.3, -0.25) is 4.90 Å². The Bertz CT molecular complexity index is 479. The van der Waals surface area contributed by atoms with Crippen molar-refractivity contribution in [1.82, 2.24) is 4.90 Å². The third kappa shape index (κ3) is 3.31. The van der Waals surface area contributed by atoms with Crippen LogP contribution in [0.1, 0.15) is 49.3 Å². The number of aryl methyl sites for hydroxylation is 1. The van der Waals surface area contributed by atoms with Crippen LogP contribution in [0.5, 0.6) is 0 Å². The van der Waals surface area contributed by atoms with Crippen molar-refractivity contribution in [3.05, 3.63) is 34.9 Å². The molecule has 3 N–H and O–H groups in total. The number of nitrogens with zero attached hydrogens (tertiary/aromatic N) is 2. The van der Waals surface area contributed by atoms with E-state index < -0.39 is 0 Å². The van der Waals surface area contributed by atoms with Gasteiger partial charge in [-0.05, 0) is 43.5 Å². The summed E-state index contributed by atoms with van der Waals surface area (Å²) in [6.45, 7) is 6.40. The van der Waals surface area contributed by atoms with Gasteiger partial charge in [-0.2, -0.15) is 0 Å². The number of oxime groups is 1. The van der Waals surface area contributed by atoms with Crippen molar-refractivity contribution < 1.29 is 5.21 Å². The molecule has 20 heavy (non-hydrogen) atoms. The highest BCUT2D eigenvalue weighted by atomic mass is 16.4. The maximum absolute atomic E-state index is 8.73. The van der Waals surface area contributed by atoms with Crippen LogP contribution in [-0.4, -0.2) is 28.5 Å². The van der Waals surface area contributed by atoms with Crippen molar-refractivity contribution in [3.63, 3.8) is 0 Å². The van der Waals surface area contributed by atoms with E-state index in [9.17, 15) is 0 Å². The molecule has 0 radical (unpaired) electrons. The average molecular weight is 275 g/mol. The minimum atomic E-state index is 0.169. The second-order valence-electron chi connectivity index (χ2n) is 5.63. The fourth-order valence-electron chi connectivity index (χ4n) is 3.08. The third-order valence-electron chi connectivity index (χ3n) is 4.37. The van der Waals surface area contributed by atoms with Gasteiger partial charge in [0.05, 0.1) is 0 Å². The van der Waals surface area contributed by atoms with Gasteiger partial charge in [-0.15, -0.1) is 0 Å². The molecular formula is C16H25N3O. The lowest BCUT2D eigenvalue weighted by atomic mass is 10.0. The molecule has 0 atom stereocenters. The summed E-state index contributed by atoms with van der Waals surface area (Å²) >= 11 is 0. The molecule has 4 nitrogen and oxygen atoms in total. The van der Waals surface area contributed by atoms with Gasteiger partial charge in [0, 0.05) is 18.2 Å². The van der Waals surface area contributed by atoms with Crippen molar-refractivity contribution in [1.29, 1.82) is 0 Å². The summed E-state index contributed by atoms with van der Waals surface area (Å²) < 4.78 is 0. The van der Waals surface area contributed by atoms with Gasteiger partial charge in [0.15, 0.2) is 5.84 Å². The Balaban J connectivity index is 2.12. The van der Waals surface area contributed by atoms with Crippen molar-refractivity contribution in [3.8, 4) is 0 Å². The summed E-state index contributed by atoms with van der Waals surface area (Å²) in [5.41, 5.74) is 8.93. The zero-order chi connectivity index (χ0) is 14.5. The number of benzene rings is 1. The number of nitrogens with two attached hydrogens (primary N) is 1. The van der Waals surface area contributed by atoms with E-state index in [0.29, 0.717) is 0 Å². The molecule has 1 aromatic rings. The Kier molecular flexibility index (Phi) is 5.01. The molecule has 110 valence electrons. The van der Waals surface area contributed by atoms with Crippen molar-refractivity contribution in [2.75, 3.05) is 6.54 Å². The largest absolute Gasteiger partial charge is 0.409 e.